The van der Waals surface area contributed by atoms with Crippen LogP contribution in [0.3, 0.4) is 0 Å². The highest BCUT2D eigenvalue weighted by atomic mass is 16.5. The fourth-order valence-corrected chi connectivity index (χ4v) is 1.85. The Balaban J connectivity index is 1.56. The SMILES string of the molecule is c1ccc2nc(OCCCn3ccnc3)ncc2c1. The quantitative estimate of drug-likeness (QED) is 0.655. The molecule has 0 aliphatic heterocycles. The Kier molecular flexibility index (Phi) is 3.36. The number of rotatable bonds is 5. The van der Waals surface area contributed by atoms with Gasteiger partial charge in [0.2, 0.25) is 0 Å². The Labute approximate surface area is 110 Å². The molecule has 1 aromatic carbocycles. The van der Waals surface area contributed by atoms with Crippen molar-refractivity contribution in [3.05, 3.63) is 49.2 Å². The van der Waals surface area contributed by atoms with Crippen LogP contribution < -0.4 is 4.74 Å². The van der Waals surface area contributed by atoms with Gasteiger partial charge in [-0.25, -0.2) is 9.97 Å². The number of hydrogen-bond acceptors (Lipinski definition) is 4. The fraction of sp³-hybridized carbons (Fsp3) is 0.214. The molecule has 0 unspecified atom stereocenters. The largest absolute Gasteiger partial charge is 0.463 e. The van der Waals surface area contributed by atoms with Crippen molar-refractivity contribution in [3.8, 4) is 6.01 Å². The molecule has 0 fully saturated rings. The highest BCUT2D eigenvalue weighted by Gasteiger charge is 2.00. The molecule has 5 heteroatoms. The van der Waals surface area contributed by atoms with Crippen molar-refractivity contribution < 1.29 is 4.74 Å². The zero-order chi connectivity index (χ0) is 12.9. The van der Waals surface area contributed by atoms with Gasteiger partial charge in [-0.1, -0.05) is 18.2 Å². The minimum Gasteiger partial charge on any atom is -0.463 e. The van der Waals surface area contributed by atoms with Crippen molar-refractivity contribution in [1.82, 2.24) is 19.5 Å². The smallest absolute Gasteiger partial charge is 0.316 e. The molecule has 0 spiro atoms. The number of nitrogens with zero attached hydrogens (tertiary/aromatic N) is 4. The maximum absolute atomic E-state index is 5.56. The molecule has 2 heterocycles. The molecule has 0 N–H and O–H groups in total. The molecule has 0 atom stereocenters. The van der Waals surface area contributed by atoms with Crippen LogP contribution >= 0.6 is 0 Å². The predicted octanol–water partition coefficient (Wildman–Crippen LogP) is 2.30. The average molecular weight is 254 g/mol. The van der Waals surface area contributed by atoms with E-state index in [2.05, 4.69) is 15.0 Å². The second-order valence-electron chi connectivity index (χ2n) is 4.21. The van der Waals surface area contributed by atoms with Gasteiger partial charge < -0.3 is 9.30 Å². The highest BCUT2D eigenvalue weighted by Crippen LogP contribution is 2.12. The first-order valence-electron chi connectivity index (χ1n) is 6.22. The van der Waals surface area contributed by atoms with Gasteiger partial charge in [0.05, 0.1) is 18.5 Å². The van der Waals surface area contributed by atoms with Gasteiger partial charge in [-0.2, -0.15) is 4.98 Å². The Morgan fingerprint density at radius 2 is 2.16 bits per heavy atom. The number of ether oxygens (including phenoxy) is 1. The first kappa shape index (κ1) is 11.6. The standard InChI is InChI=1S/C14H14N4O/c1-2-5-13-12(4-1)10-16-14(17-13)19-9-3-7-18-8-6-15-11-18/h1-2,4-6,8,10-11H,3,7,9H2. The van der Waals surface area contributed by atoms with Crippen molar-refractivity contribution in [2.24, 2.45) is 0 Å². The van der Waals surface area contributed by atoms with Crippen molar-refractivity contribution in [2.75, 3.05) is 6.61 Å². The van der Waals surface area contributed by atoms with Gasteiger partial charge in [-0.05, 0) is 12.5 Å². The summed E-state index contributed by atoms with van der Waals surface area (Å²) in [5.74, 6) is 0. The molecule has 19 heavy (non-hydrogen) atoms. The van der Waals surface area contributed by atoms with Crippen LogP contribution in [-0.4, -0.2) is 26.1 Å². The lowest BCUT2D eigenvalue weighted by atomic mass is 10.2. The van der Waals surface area contributed by atoms with Gasteiger partial charge in [-0.3, -0.25) is 0 Å². The van der Waals surface area contributed by atoms with E-state index in [9.17, 15) is 0 Å². The molecule has 0 amide bonds. The number of para-hydroxylation sites is 1. The summed E-state index contributed by atoms with van der Waals surface area (Å²) in [6.07, 6.45) is 8.19. The summed E-state index contributed by atoms with van der Waals surface area (Å²) in [5, 5.41) is 1.02. The Hall–Kier alpha value is -2.43. The number of hydrogen-bond donors (Lipinski definition) is 0. The van der Waals surface area contributed by atoms with E-state index >= 15 is 0 Å². The normalized spacial score (nSPS) is 10.7. The van der Waals surface area contributed by atoms with Gasteiger partial charge in [-0.15, -0.1) is 0 Å². The van der Waals surface area contributed by atoms with Gasteiger partial charge in [0, 0.05) is 30.5 Å². The van der Waals surface area contributed by atoms with E-state index in [0.717, 1.165) is 23.9 Å². The van der Waals surface area contributed by atoms with Crippen LogP contribution in [0.2, 0.25) is 0 Å². The summed E-state index contributed by atoms with van der Waals surface area (Å²) in [6.45, 7) is 1.48. The van der Waals surface area contributed by atoms with E-state index in [1.807, 2.05) is 35.0 Å². The van der Waals surface area contributed by atoms with E-state index in [4.69, 9.17) is 4.74 Å². The number of imidazole rings is 1. The van der Waals surface area contributed by atoms with Gasteiger partial charge >= 0.3 is 6.01 Å². The van der Waals surface area contributed by atoms with E-state index in [1.54, 1.807) is 18.7 Å². The van der Waals surface area contributed by atoms with Crippen molar-refractivity contribution in [3.63, 3.8) is 0 Å². The number of aromatic nitrogens is 4. The predicted molar refractivity (Wildman–Crippen MR) is 71.9 cm³/mol. The molecule has 3 rings (SSSR count). The molecule has 0 aliphatic rings. The first-order valence-corrected chi connectivity index (χ1v) is 6.22. The Bertz CT molecular complexity index is 651. The summed E-state index contributed by atoms with van der Waals surface area (Å²) in [6, 6.07) is 8.30. The van der Waals surface area contributed by atoms with Crippen LogP contribution in [0.4, 0.5) is 0 Å². The van der Waals surface area contributed by atoms with Crippen LogP contribution in [0, 0.1) is 0 Å². The van der Waals surface area contributed by atoms with E-state index in [-0.39, 0.29) is 0 Å². The van der Waals surface area contributed by atoms with Crippen LogP contribution in [-0.2, 0) is 6.54 Å². The van der Waals surface area contributed by atoms with Crippen LogP contribution in [0.25, 0.3) is 10.9 Å². The third-order valence-electron chi connectivity index (χ3n) is 2.82. The third kappa shape index (κ3) is 2.88. The van der Waals surface area contributed by atoms with E-state index < -0.39 is 0 Å². The summed E-state index contributed by atoms with van der Waals surface area (Å²) >= 11 is 0. The summed E-state index contributed by atoms with van der Waals surface area (Å²) in [7, 11) is 0. The van der Waals surface area contributed by atoms with Crippen LogP contribution in [0.1, 0.15) is 6.42 Å². The van der Waals surface area contributed by atoms with Crippen molar-refractivity contribution in [1.29, 1.82) is 0 Å². The molecule has 0 radical (unpaired) electrons. The van der Waals surface area contributed by atoms with E-state index in [1.165, 1.54) is 0 Å². The lowest BCUT2D eigenvalue weighted by molar-refractivity contribution is 0.280. The zero-order valence-corrected chi connectivity index (χ0v) is 10.4. The maximum Gasteiger partial charge on any atom is 0.316 e. The Morgan fingerprint density at radius 3 is 3.05 bits per heavy atom. The Morgan fingerprint density at radius 1 is 1.21 bits per heavy atom. The van der Waals surface area contributed by atoms with Crippen molar-refractivity contribution in [2.45, 2.75) is 13.0 Å². The molecule has 0 saturated heterocycles. The number of aryl methyl sites for hydroxylation is 1. The minimum atomic E-state index is 0.435. The van der Waals surface area contributed by atoms with Crippen LogP contribution in [0.5, 0.6) is 6.01 Å². The molecular weight excluding hydrogens is 240 g/mol. The van der Waals surface area contributed by atoms with E-state index in [0.29, 0.717) is 12.6 Å². The lowest BCUT2D eigenvalue weighted by Crippen LogP contribution is -2.05. The molecule has 5 nitrogen and oxygen atoms in total. The summed E-state index contributed by atoms with van der Waals surface area (Å²) in [5.41, 5.74) is 0.905. The molecule has 0 bridgehead atoms. The third-order valence-corrected chi connectivity index (χ3v) is 2.82. The molecule has 3 aromatic rings. The van der Waals surface area contributed by atoms with Gasteiger partial charge in [0.1, 0.15) is 0 Å². The molecule has 0 saturated carbocycles. The fourth-order valence-electron chi connectivity index (χ4n) is 1.85. The number of benzene rings is 1. The van der Waals surface area contributed by atoms with Gasteiger partial charge in [0.25, 0.3) is 0 Å². The topological polar surface area (TPSA) is 52.8 Å². The number of fused-ring (bicyclic) bond motifs is 1. The summed E-state index contributed by atoms with van der Waals surface area (Å²) in [4.78, 5) is 12.5. The average Bonchev–Trinajstić information content (AvgIpc) is 2.97. The highest BCUT2D eigenvalue weighted by molar-refractivity contribution is 5.77. The van der Waals surface area contributed by atoms with Gasteiger partial charge in [0.15, 0.2) is 0 Å². The van der Waals surface area contributed by atoms with Crippen LogP contribution in [0.15, 0.2) is 49.2 Å². The molecule has 2 aromatic heterocycles. The second kappa shape index (κ2) is 5.48. The molecular formula is C14H14N4O. The second-order valence-corrected chi connectivity index (χ2v) is 4.21. The lowest BCUT2D eigenvalue weighted by Gasteiger charge is -2.05. The first-order chi connectivity index (χ1) is 9.42. The minimum absolute atomic E-state index is 0.435. The molecule has 0 aliphatic carbocycles. The monoisotopic (exact) mass is 254 g/mol. The summed E-state index contributed by atoms with van der Waals surface area (Å²) < 4.78 is 7.57. The molecule has 96 valence electrons. The van der Waals surface area contributed by atoms with Crippen molar-refractivity contribution >= 4 is 10.9 Å². The zero-order valence-electron chi connectivity index (χ0n) is 10.4. The maximum atomic E-state index is 5.56.